The molecule has 0 aromatic rings. The minimum Gasteiger partial charge on any atom is -0.312 e. The fraction of sp³-hybridized carbons (Fsp3) is 1.00. The predicted octanol–water partition coefficient (Wildman–Crippen LogP) is 2.49. The Bertz CT molecular complexity index is 134. The molecule has 0 aliphatic rings. The van der Waals surface area contributed by atoms with Crippen molar-refractivity contribution in [2.45, 2.75) is 65.6 Å². The van der Waals surface area contributed by atoms with Crippen LogP contribution in [0.2, 0.25) is 0 Å². The topological polar surface area (TPSA) is 15.3 Å². The summed E-state index contributed by atoms with van der Waals surface area (Å²) in [5.41, 5.74) is 0. The highest BCUT2D eigenvalue weighted by Crippen LogP contribution is 2.08. The SMILES string of the molecule is CCCNC(CC)C(C)N(C)C(C)C. The molecule has 0 bridgehead atoms. The van der Waals surface area contributed by atoms with Crippen LogP contribution in [0.5, 0.6) is 0 Å². The summed E-state index contributed by atoms with van der Waals surface area (Å²) in [6, 6.07) is 1.87. The molecule has 0 heterocycles. The maximum atomic E-state index is 3.61. The zero-order valence-electron chi connectivity index (χ0n) is 10.8. The van der Waals surface area contributed by atoms with E-state index in [0.29, 0.717) is 18.1 Å². The van der Waals surface area contributed by atoms with Gasteiger partial charge < -0.3 is 5.32 Å². The maximum absolute atomic E-state index is 3.61. The maximum Gasteiger partial charge on any atom is 0.0220 e. The van der Waals surface area contributed by atoms with Gasteiger partial charge in [-0.05, 0) is 47.2 Å². The van der Waals surface area contributed by atoms with Gasteiger partial charge in [0.25, 0.3) is 0 Å². The molecule has 0 fully saturated rings. The highest BCUT2D eigenvalue weighted by atomic mass is 15.2. The quantitative estimate of drug-likeness (QED) is 0.679. The normalized spacial score (nSPS) is 16.3. The van der Waals surface area contributed by atoms with Gasteiger partial charge in [-0.25, -0.2) is 0 Å². The standard InChI is InChI=1S/C12H28N2/c1-7-9-13-12(8-2)11(5)14(6)10(3)4/h10-13H,7-9H2,1-6H3. The van der Waals surface area contributed by atoms with E-state index < -0.39 is 0 Å². The van der Waals surface area contributed by atoms with Gasteiger partial charge in [-0.3, -0.25) is 4.90 Å². The second kappa shape index (κ2) is 7.24. The molecule has 0 aromatic carbocycles. The molecule has 1 N–H and O–H groups in total. The van der Waals surface area contributed by atoms with Crippen LogP contribution in [0.3, 0.4) is 0 Å². The number of hydrogen-bond donors (Lipinski definition) is 1. The first-order valence-electron chi connectivity index (χ1n) is 5.99. The molecule has 2 nitrogen and oxygen atoms in total. The molecule has 0 spiro atoms. The van der Waals surface area contributed by atoms with Crippen LogP contribution >= 0.6 is 0 Å². The molecule has 86 valence electrons. The van der Waals surface area contributed by atoms with E-state index in [4.69, 9.17) is 0 Å². The zero-order valence-corrected chi connectivity index (χ0v) is 10.8. The summed E-state index contributed by atoms with van der Waals surface area (Å²) in [5.74, 6) is 0. The van der Waals surface area contributed by atoms with Crippen molar-refractivity contribution in [2.75, 3.05) is 13.6 Å². The molecule has 0 aromatic heterocycles. The summed E-state index contributed by atoms with van der Waals surface area (Å²) < 4.78 is 0. The average molecular weight is 200 g/mol. The van der Waals surface area contributed by atoms with Crippen LogP contribution in [0.1, 0.15) is 47.5 Å². The summed E-state index contributed by atoms with van der Waals surface area (Å²) in [6.45, 7) is 12.4. The Hall–Kier alpha value is -0.0800. The predicted molar refractivity (Wildman–Crippen MR) is 64.7 cm³/mol. The number of nitrogens with zero attached hydrogens (tertiary/aromatic N) is 1. The van der Waals surface area contributed by atoms with Crippen LogP contribution < -0.4 is 5.32 Å². The van der Waals surface area contributed by atoms with Crippen molar-refractivity contribution in [1.82, 2.24) is 10.2 Å². The summed E-state index contributed by atoms with van der Waals surface area (Å²) >= 11 is 0. The van der Waals surface area contributed by atoms with E-state index in [1.54, 1.807) is 0 Å². The average Bonchev–Trinajstić information content (AvgIpc) is 2.17. The van der Waals surface area contributed by atoms with E-state index in [0.717, 1.165) is 6.54 Å². The van der Waals surface area contributed by atoms with Crippen molar-refractivity contribution < 1.29 is 0 Å². The molecular weight excluding hydrogens is 172 g/mol. The third-order valence-corrected chi connectivity index (χ3v) is 3.14. The summed E-state index contributed by atoms with van der Waals surface area (Å²) in [4.78, 5) is 2.44. The summed E-state index contributed by atoms with van der Waals surface area (Å²) in [5, 5.41) is 3.61. The Morgan fingerprint density at radius 2 is 1.71 bits per heavy atom. The molecule has 0 radical (unpaired) electrons. The number of hydrogen-bond acceptors (Lipinski definition) is 2. The first kappa shape index (κ1) is 13.9. The van der Waals surface area contributed by atoms with Gasteiger partial charge in [0.1, 0.15) is 0 Å². The fourth-order valence-electron chi connectivity index (χ4n) is 1.74. The second-order valence-corrected chi connectivity index (χ2v) is 4.47. The molecule has 0 amide bonds. The van der Waals surface area contributed by atoms with Crippen LogP contribution in [-0.4, -0.2) is 36.6 Å². The smallest absolute Gasteiger partial charge is 0.0220 e. The zero-order chi connectivity index (χ0) is 11.1. The minimum atomic E-state index is 0.617. The lowest BCUT2D eigenvalue weighted by Crippen LogP contribution is -2.49. The van der Waals surface area contributed by atoms with E-state index in [-0.39, 0.29) is 0 Å². The van der Waals surface area contributed by atoms with E-state index in [1.165, 1.54) is 12.8 Å². The van der Waals surface area contributed by atoms with Crippen molar-refractivity contribution in [2.24, 2.45) is 0 Å². The summed E-state index contributed by atoms with van der Waals surface area (Å²) in [6.07, 6.45) is 2.42. The van der Waals surface area contributed by atoms with Gasteiger partial charge in [0.05, 0.1) is 0 Å². The highest BCUT2D eigenvalue weighted by Gasteiger charge is 2.20. The molecule has 0 rings (SSSR count). The van der Waals surface area contributed by atoms with Gasteiger partial charge in [0.2, 0.25) is 0 Å². The largest absolute Gasteiger partial charge is 0.312 e. The van der Waals surface area contributed by atoms with Gasteiger partial charge in [0.15, 0.2) is 0 Å². The van der Waals surface area contributed by atoms with Gasteiger partial charge >= 0.3 is 0 Å². The molecule has 2 heteroatoms. The van der Waals surface area contributed by atoms with Crippen LogP contribution in [0.25, 0.3) is 0 Å². The molecule has 2 unspecified atom stereocenters. The van der Waals surface area contributed by atoms with Crippen molar-refractivity contribution >= 4 is 0 Å². The highest BCUT2D eigenvalue weighted by molar-refractivity contribution is 4.79. The third kappa shape index (κ3) is 4.43. The first-order chi connectivity index (χ1) is 6.54. The van der Waals surface area contributed by atoms with Crippen molar-refractivity contribution in [3.8, 4) is 0 Å². The number of nitrogens with one attached hydrogen (secondary N) is 1. The molecule has 0 aliphatic heterocycles. The van der Waals surface area contributed by atoms with Crippen molar-refractivity contribution in [3.63, 3.8) is 0 Å². The molecular formula is C12H28N2. The van der Waals surface area contributed by atoms with Crippen molar-refractivity contribution in [1.29, 1.82) is 0 Å². The molecule has 0 saturated carbocycles. The van der Waals surface area contributed by atoms with Crippen LogP contribution in [-0.2, 0) is 0 Å². The Morgan fingerprint density at radius 3 is 2.07 bits per heavy atom. The van der Waals surface area contributed by atoms with Crippen LogP contribution in [0, 0.1) is 0 Å². The number of likely N-dealkylation sites (N-methyl/N-ethyl adjacent to an activating group) is 1. The molecule has 14 heavy (non-hydrogen) atoms. The molecule has 0 saturated heterocycles. The third-order valence-electron chi connectivity index (χ3n) is 3.14. The Morgan fingerprint density at radius 1 is 1.14 bits per heavy atom. The monoisotopic (exact) mass is 200 g/mol. The van der Waals surface area contributed by atoms with Crippen molar-refractivity contribution in [3.05, 3.63) is 0 Å². The Kier molecular flexibility index (Phi) is 7.20. The molecule has 2 atom stereocenters. The van der Waals surface area contributed by atoms with Crippen LogP contribution in [0.4, 0.5) is 0 Å². The molecule has 0 aliphatic carbocycles. The Balaban J connectivity index is 4.08. The van der Waals surface area contributed by atoms with E-state index >= 15 is 0 Å². The number of rotatable bonds is 7. The van der Waals surface area contributed by atoms with Gasteiger partial charge in [-0.2, -0.15) is 0 Å². The lowest BCUT2D eigenvalue weighted by molar-refractivity contribution is 0.165. The van der Waals surface area contributed by atoms with E-state index in [1.807, 2.05) is 0 Å². The Labute approximate surface area is 90.1 Å². The second-order valence-electron chi connectivity index (χ2n) is 4.47. The van der Waals surface area contributed by atoms with Gasteiger partial charge in [0, 0.05) is 18.1 Å². The van der Waals surface area contributed by atoms with E-state index in [2.05, 4.69) is 51.9 Å². The van der Waals surface area contributed by atoms with Gasteiger partial charge in [-0.15, -0.1) is 0 Å². The lowest BCUT2D eigenvalue weighted by atomic mass is 10.0. The van der Waals surface area contributed by atoms with E-state index in [9.17, 15) is 0 Å². The fourth-order valence-corrected chi connectivity index (χ4v) is 1.74. The lowest BCUT2D eigenvalue weighted by Gasteiger charge is -2.34. The first-order valence-corrected chi connectivity index (χ1v) is 5.99. The minimum absolute atomic E-state index is 0.617. The van der Waals surface area contributed by atoms with Crippen LogP contribution in [0.15, 0.2) is 0 Å². The van der Waals surface area contributed by atoms with Gasteiger partial charge in [-0.1, -0.05) is 13.8 Å². The summed E-state index contributed by atoms with van der Waals surface area (Å²) in [7, 11) is 2.21.